The van der Waals surface area contributed by atoms with Gasteiger partial charge in [-0.05, 0) is 66.2 Å². The number of rotatable bonds is 8. The Morgan fingerprint density at radius 2 is 1.91 bits per heavy atom. The van der Waals surface area contributed by atoms with E-state index in [0.717, 1.165) is 29.9 Å². The maximum atomic E-state index is 9.03. The first kappa shape index (κ1) is 24.5. The molecular formula is C28H26ClN5S. The second-order valence-electron chi connectivity index (χ2n) is 8.36. The highest BCUT2D eigenvalue weighted by Gasteiger charge is 2.14. The number of hydrogen-bond donors (Lipinski definition) is 1. The van der Waals surface area contributed by atoms with Crippen LogP contribution in [0.4, 0.5) is 5.69 Å². The molecule has 0 aliphatic rings. The van der Waals surface area contributed by atoms with E-state index in [9.17, 15) is 0 Å². The molecule has 0 aliphatic heterocycles. The number of aryl methyl sites for hydroxylation is 1. The van der Waals surface area contributed by atoms with Crippen molar-refractivity contribution in [1.82, 2.24) is 14.5 Å². The van der Waals surface area contributed by atoms with Crippen molar-refractivity contribution in [1.29, 1.82) is 5.26 Å². The van der Waals surface area contributed by atoms with E-state index < -0.39 is 0 Å². The minimum atomic E-state index is 0.647. The van der Waals surface area contributed by atoms with Gasteiger partial charge in [-0.1, -0.05) is 54.1 Å². The molecule has 5 nitrogen and oxygen atoms in total. The van der Waals surface area contributed by atoms with E-state index in [-0.39, 0.29) is 0 Å². The SMILES string of the molecule is Cc1ccccc1CN(CCc1cncn1Cc1ccc(C#N)cc1)C(=S)Nc1cccc(Cl)c1. The van der Waals surface area contributed by atoms with Gasteiger partial charge >= 0.3 is 0 Å². The number of nitrogens with zero attached hydrogens (tertiary/aromatic N) is 4. The summed E-state index contributed by atoms with van der Waals surface area (Å²) < 4.78 is 2.14. The molecule has 7 heteroatoms. The predicted molar refractivity (Wildman–Crippen MR) is 145 cm³/mol. The van der Waals surface area contributed by atoms with Crippen molar-refractivity contribution in [2.45, 2.75) is 26.4 Å². The largest absolute Gasteiger partial charge is 0.344 e. The van der Waals surface area contributed by atoms with Crippen LogP contribution in [0.3, 0.4) is 0 Å². The van der Waals surface area contributed by atoms with Crippen LogP contribution in [0.25, 0.3) is 0 Å². The molecule has 0 radical (unpaired) electrons. The third kappa shape index (κ3) is 6.69. The normalized spacial score (nSPS) is 10.5. The molecule has 1 heterocycles. The number of nitrogens with one attached hydrogen (secondary N) is 1. The lowest BCUT2D eigenvalue weighted by Crippen LogP contribution is -2.36. The van der Waals surface area contributed by atoms with Crippen molar-refractivity contribution >= 4 is 34.6 Å². The lowest BCUT2D eigenvalue weighted by molar-refractivity contribution is 0.417. The van der Waals surface area contributed by atoms with Crippen molar-refractivity contribution in [3.63, 3.8) is 0 Å². The maximum Gasteiger partial charge on any atom is 0.173 e. The standard InChI is InChI=1S/C28H26ClN5S/c1-21-5-2-3-6-24(21)19-33(28(35)32-26-8-4-7-25(29)15-26)14-13-27-17-31-20-34(27)18-23-11-9-22(16-30)10-12-23/h2-12,15,17,20H,13-14,18-19H2,1H3,(H,32,35). The lowest BCUT2D eigenvalue weighted by atomic mass is 10.1. The van der Waals surface area contributed by atoms with Gasteiger partial charge in [-0.2, -0.15) is 5.26 Å². The summed E-state index contributed by atoms with van der Waals surface area (Å²) in [6.07, 6.45) is 4.53. The monoisotopic (exact) mass is 499 g/mol. The second kappa shape index (κ2) is 11.7. The summed E-state index contributed by atoms with van der Waals surface area (Å²) in [6, 6.07) is 25.7. The van der Waals surface area contributed by atoms with E-state index in [1.165, 1.54) is 11.1 Å². The van der Waals surface area contributed by atoms with Gasteiger partial charge in [0, 0.05) is 48.7 Å². The summed E-state index contributed by atoms with van der Waals surface area (Å²) in [5.74, 6) is 0. The summed E-state index contributed by atoms with van der Waals surface area (Å²) in [5, 5.41) is 13.7. The number of hydrogen-bond acceptors (Lipinski definition) is 3. The smallest absolute Gasteiger partial charge is 0.173 e. The van der Waals surface area contributed by atoms with E-state index in [4.69, 9.17) is 29.1 Å². The summed E-state index contributed by atoms with van der Waals surface area (Å²) in [5.41, 5.74) is 6.23. The molecule has 1 aromatic heterocycles. The van der Waals surface area contributed by atoms with Gasteiger partial charge in [-0.3, -0.25) is 0 Å². The fourth-order valence-corrected chi connectivity index (χ4v) is 4.31. The zero-order chi connectivity index (χ0) is 24.6. The fourth-order valence-electron chi connectivity index (χ4n) is 3.84. The number of nitriles is 1. The third-order valence-corrected chi connectivity index (χ3v) is 6.45. The Bertz CT molecular complexity index is 1340. The van der Waals surface area contributed by atoms with Crippen LogP contribution in [0.15, 0.2) is 85.3 Å². The highest BCUT2D eigenvalue weighted by molar-refractivity contribution is 7.80. The number of anilines is 1. The zero-order valence-electron chi connectivity index (χ0n) is 19.5. The van der Waals surface area contributed by atoms with Gasteiger partial charge in [-0.15, -0.1) is 0 Å². The quantitative estimate of drug-likeness (QED) is 0.292. The first-order chi connectivity index (χ1) is 17.0. The van der Waals surface area contributed by atoms with Crippen molar-refractivity contribution in [2.24, 2.45) is 0 Å². The second-order valence-corrected chi connectivity index (χ2v) is 9.18. The van der Waals surface area contributed by atoms with Crippen LogP contribution in [0, 0.1) is 18.3 Å². The van der Waals surface area contributed by atoms with Crippen molar-refractivity contribution in [3.05, 3.63) is 118 Å². The molecule has 0 saturated heterocycles. The molecule has 0 unspecified atom stereocenters. The Balaban J connectivity index is 1.49. The van der Waals surface area contributed by atoms with Crippen LogP contribution in [-0.4, -0.2) is 26.1 Å². The number of aromatic nitrogens is 2. The van der Waals surface area contributed by atoms with Crippen molar-refractivity contribution in [2.75, 3.05) is 11.9 Å². The van der Waals surface area contributed by atoms with Gasteiger partial charge in [0.25, 0.3) is 0 Å². The third-order valence-electron chi connectivity index (χ3n) is 5.86. The first-order valence-corrected chi connectivity index (χ1v) is 12.1. The van der Waals surface area contributed by atoms with E-state index in [1.807, 2.05) is 67.1 Å². The van der Waals surface area contributed by atoms with Gasteiger partial charge in [0.1, 0.15) is 0 Å². The molecule has 4 rings (SSSR count). The highest BCUT2D eigenvalue weighted by atomic mass is 35.5. The van der Waals surface area contributed by atoms with Crippen LogP contribution < -0.4 is 5.32 Å². The van der Waals surface area contributed by atoms with Crippen molar-refractivity contribution < 1.29 is 0 Å². The van der Waals surface area contributed by atoms with Gasteiger partial charge in [-0.25, -0.2) is 4.98 Å². The summed E-state index contributed by atoms with van der Waals surface area (Å²) in [4.78, 5) is 6.56. The molecule has 4 aromatic rings. The maximum absolute atomic E-state index is 9.03. The summed E-state index contributed by atoms with van der Waals surface area (Å²) >= 11 is 12.0. The molecule has 176 valence electrons. The van der Waals surface area contributed by atoms with Crippen LogP contribution in [0.5, 0.6) is 0 Å². The molecule has 3 aromatic carbocycles. The molecule has 0 aliphatic carbocycles. The molecule has 35 heavy (non-hydrogen) atoms. The minimum Gasteiger partial charge on any atom is -0.344 e. The summed E-state index contributed by atoms with van der Waals surface area (Å²) in [6.45, 7) is 4.24. The van der Waals surface area contributed by atoms with Crippen molar-refractivity contribution in [3.8, 4) is 6.07 Å². The molecule has 0 spiro atoms. The zero-order valence-corrected chi connectivity index (χ0v) is 21.1. The van der Waals surface area contributed by atoms with Gasteiger partial charge < -0.3 is 14.8 Å². The number of imidazole rings is 1. The van der Waals surface area contributed by atoms with E-state index in [1.54, 1.807) is 0 Å². The van der Waals surface area contributed by atoms with Gasteiger partial charge in [0.05, 0.1) is 18.0 Å². The Labute approximate surface area is 216 Å². The fraction of sp³-hybridized carbons (Fsp3) is 0.179. The Morgan fingerprint density at radius 1 is 1.11 bits per heavy atom. The van der Waals surface area contributed by atoms with Gasteiger partial charge in [0.2, 0.25) is 0 Å². The van der Waals surface area contributed by atoms with Crippen LogP contribution in [0.2, 0.25) is 5.02 Å². The number of halogens is 1. The number of thiocarbonyl (C=S) groups is 1. The number of benzene rings is 3. The lowest BCUT2D eigenvalue weighted by Gasteiger charge is -2.27. The minimum absolute atomic E-state index is 0.647. The van der Waals surface area contributed by atoms with Crippen LogP contribution in [0.1, 0.15) is 27.9 Å². The summed E-state index contributed by atoms with van der Waals surface area (Å²) in [7, 11) is 0. The molecule has 0 saturated carbocycles. The molecular weight excluding hydrogens is 474 g/mol. The van der Waals surface area contributed by atoms with Crippen LogP contribution >= 0.6 is 23.8 Å². The Kier molecular flexibility index (Phi) is 8.15. The predicted octanol–water partition coefficient (Wildman–Crippen LogP) is 6.21. The molecule has 1 N–H and O–H groups in total. The van der Waals surface area contributed by atoms with Gasteiger partial charge in [0.15, 0.2) is 5.11 Å². The Morgan fingerprint density at radius 3 is 2.66 bits per heavy atom. The van der Waals surface area contributed by atoms with Crippen LogP contribution in [-0.2, 0) is 19.5 Å². The molecule has 0 bridgehead atoms. The van der Waals surface area contributed by atoms with E-state index in [0.29, 0.717) is 28.8 Å². The topological polar surface area (TPSA) is 56.9 Å². The molecule has 0 fully saturated rings. The first-order valence-electron chi connectivity index (χ1n) is 11.4. The van der Waals surface area contributed by atoms with E-state index in [2.05, 4.69) is 51.0 Å². The van der Waals surface area contributed by atoms with E-state index >= 15 is 0 Å². The average molecular weight is 500 g/mol. The Hall–Kier alpha value is -3.66. The highest BCUT2D eigenvalue weighted by Crippen LogP contribution is 2.18. The average Bonchev–Trinajstić information content (AvgIpc) is 3.30. The molecule has 0 atom stereocenters. The molecule has 0 amide bonds.